The van der Waals surface area contributed by atoms with Crippen molar-refractivity contribution in [3.8, 4) is 0 Å². The first kappa shape index (κ1) is 16.0. The summed E-state index contributed by atoms with van der Waals surface area (Å²) in [5, 5.41) is 0. The number of fused-ring (bicyclic) bond motifs is 2. The molecule has 0 bridgehead atoms. The van der Waals surface area contributed by atoms with Crippen LogP contribution in [0.2, 0.25) is 0 Å². The molecular weight excluding hydrogens is 290 g/mol. The molecule has 4 heteroatoms. The van der Waals surface area contributed by atoms with Crippen molar-refractivity contribution in [2.45, 2.75) is 51.9 Å². The SMILES string of the molecule is CCOC(=O)N1CCc2cc3c(cc2CC1)C(C)(C)CC(=O)C3. The van der Waals surface area contributed by atoms with Crippen LogP contribution < -0.4 is 0 Å². The van der Waals surface area contributed by atoms with Gasteiger partial charge in [0.2, 0.25) is 0 Å². The molecule has 0 spiro atoms. The normalized spacial score (nSPS) is 19.6. The molecule has 2 aliphatic rings. The molecule has 1 amide bonds. The molecule has 23 heavy (non-hydrogen) atoms. The summed E-state index contributed by atoms with van der Waals surface area (Å²) in [6.07, 6.45) is 2.63. The Morgan fingerprint density at radius 2 is 1.83 bits per heavy atom. The Balaban J connectivity index is 1.89. The van der Waals surface area contributed by atoms with E-state index in [4.69, 9.17) is 4.74 Å². The van der Waals surface area contributed by atoms with E-state index in [0.717, 1.165) is 12.8 Å². The van der Waals surface area contributed by atoms with Crippen LogP contribution in [0.4, 0.5) is 4.79 Å². The smallest absolute Gasteiger partial charge is 0.409 e. The molecule has 1 heterocycles. The minimum absolute atomic E-state index is 0.0904. The summed E-state index contributed by atoms with van der Waals surface area (Å²) in [6, 6.07) is 4.49. The van der Waals surface area contributed by atoms with Gasteiger partial charge in [-0.2, -0.15) is 0 Å². The Morgan fingerprint density at radius 1 is 1.17 bits per heavy atom. The largest absolute Gasteiger partial charge is 0.450 e. The van der Waals surface area contributed by atoms with E-state index < -0.39 is 0 Å². The number of nitrogens with zero attached hydrogens (tertiary/aromatic N) is 1. The molecular formula is C19H25NO3. The van der Waals surface area contributed by atoms with Gasteiger partial charge in [-0.3, -0.25) is 4.79 Å². The average Bonchev–Trinajstić information content (AvgIpc) is 2.67. The highest BCUT2D eigenvalue weighted by Gasteiger charge is 2.33. The summed E-state index contributed by atoms with van der Waals surface area (Å²) in [5.74, 6) is 0.323. The maximum Gasteiger partial charge on any atom is 0.409 e. The zero-order chi connectivity index (χ0) is 16.6. The van der Waals surface area contributed by atoms with Gasteiger partial charge >= 0.3 is 6.09 Å². The van der Waals surface area contributed by atoms with Gasteiger partial charge in [0, 0.05) is 25.9 Å². The van der Waals surface area contributed by atoms with Crippen molar-refractivity contribution in [1.29, 1.82) is 0 Å². The van der Waals surface area contributed by atoms with Crippen molar-refractivity contribution in [2.24, 2.45) is 0 Å². The van der Waals surface area contributed by atoms with Gasteiger partial charge in [-0.05, 0) is 47.4 Å². The number of hydrogen-bond acceptors (Lipinski definition) is 3. The molecule has 1 aromatic carbocycles. The number of ketones is 1. The van der Waals surface area contributed by atoms with Gasteiger partial charge in [-0.25, -0.2) is 4.79 Å². The summed E-state index contributed by atoms with van der Waals surface area (Å²) in [6.45, 7) is 7.92. The van der Waals surface area contributed by atoms with Crippen LogP contribution in [0.25, 0.3) is 0 Å². The summed E-state index contributed by atoms with van der Waals surface area (Å²) in [5.41, 5.74) is 4.99. The summed E-state index contributed by atoms with van der Waals surface area (Å²) >= 11 is 0. The molecule has 1 aliphatic heterocycles. The highest BCUT2D eigenvalue weighted by Crippen LogP contribution is 2.37. The molecule has 1 aromatic rings. The number of hydrogen-bond donors (Lipinski definition) is 0. The van der Waals surface area contributed by atoms with Crippen LogP contribution in [0.15, 0.2) is 12.1 Å². The van der Waals surface area contributed by atoms with Gasteiger partial charge in [0.15, 0.2) is 0 Å². The molecule has 4 nitrogen and oxygen atoms in total. The highest BCUT2D eigenvalue weighted by atomic mass is 16.6. The van der Waals surface area contributed by atoms with E-state index in [9.17, 15) is 9.59 Å². The lowest BCUT2D eigenvalue weighted by Crippen LogP contribution is -2.33. The topological polar surface area (TPSA) is 46.6 Å². The number of ether oxygens (including phenoxy) is 1. The van der Waals surface area contributed by atoms with Gasteiger partial charge < -0.3 is 9.64 Å². The predicted molar refractivity (Wildman–Crippen MR) is 88.8 cm³/mol. The minimum Gasteiger partial charge on any atom is -0.450 e. The third-order valence-electron chi connectivity index (χ3n) is 5.01. The molecule has 3 rings (SSSR count). The zero-order valence-electron chi connectivity index (χ0n) is 14.3. The predicted octanol–water partition coefficient (Wildman–Crippen LogP) is 3.04. The van der Waals surface area contributed by atoms with Crippen LogP contribution >= 0.6 is 0 Å². The van der Waals surface area contributed by atoms with E-state index in [2.05, 4.69) is 26.0 Å². The molecule has 0 saturated heterocycles. The first-order chi connectivity index (χ1) is 10.9. The zero-order valence-corrected chi connectivity index (χ0v) is 14.3. The lowest BCUT2D eigenvalue weighted by molar-refractivity contribution is -0.120. The van der Waals surface area contributed by atoms with Crippen molar-refractivity contribution in [1.82, 2.24) is 4.90 Å². The van der Waals surface area contributed by atoms with Crippen molar-refractivity contribution >= 4 is 11.9 Å². The van der Waals surface area contributed by atoms with Crippen molar-refractivity contribution in [3.05, 3.63) is 34.4 Å². The molecule has 0 saturated carbocycles. The van der Waals surface area contributed by atoms with E-state index in [0.29, 0.717) is 38.3 Å². The van der Waals surface area contributed by atoms with Crippen molar-refractivity contribution in [2.75, 3.05) is 19.7 Å². The monoisotopic (exact) mass is 315 g/mol. The van der Waals surface area contributed by atoms with Crippen LogP contribution in [-0.4, -0.2) is 36.5 Å². The van der Waals surface area contributed by atoms with E-state index >= 15 is 0 Å². The first-order valence-electron chi connectivity index (χ1n) is 8.49. The fourth-order valence-electron chi connectivity index (χ4n) is 3.87. The van der Waals surface area contributed by atoms with Gasteiger partial charge in [-0.1, -0.05) is 26.0 Å². The molecule has 1 aliphatic carbocycles. The standard InChI is InChI=1S/C19H25NO3/c1-4-23-18(22)20-7-5-13-9-15-10-16(21)12-19(2,3)17(15)11-14(13)6-8-20/h9,11H,4-8,10,12H2,1-3H3. The first-order valence-corrected chi connectivity index (χ1v) is 8.49. The van der Waals surface area contributed by atoms with Crippen LogP contribution in [0, 0.1) is 0 Å². The van der Waals surface area contributed by atoms with E-state index in [-0.39, 0.29) is 11.5 Å². The second-order valence-electron chi connectivity index (χ2n) is 7.24. The fraction of sp³-hybridized carbons (Fsp3) is 0.579. The number of carbonyl (C=O) groups is 2. The Labute approximate surface area is 137 Å². The number of Topliss-reactive ketones (excluding diaryl/α,β-unsaturated/α-hetero) is 1. The Kier molecular flexibility index (Phi) is 4.17. The van der Waals surface area contributed by atoms with Crippen LogP contribution in [0.1, 0.15) is 49.4 Å². The lowest BCUT2D eigenvalue weighted by atomic mass is 9.71. The molecule has 0 atom stereocenters. The molecule has 0 unspecified atom stereocenters. The second-order valence-corrected chi connectivity index (χ2v) is 7.24. The lowest BCUT2D eigenvalue weighted by Gasteiger charge is -2.32. The summed E-state index contributed by atoms with van der Waals surface area (Å²) < 4.78 is 5.13. The number of rotatable bonds is 1. The average molecular weight is 315 g/mol. The van der Waals surface area contributed by atoms with E-state index in [1.165, 1.54) is 22.3 Å². The Hall–Kier alpha value is -1.84. The van der Waals surface area contributed by atoms with Crippen LogP contribution in [0.3, 0.4) is 0 Å². The molecule has 0 fully saturated rings. The number of benzene rings is 1. The van der Waals surface area contributed by atoms with E-state index in [1.54, 1.807) is 4.90 Å². The van der Waals surface area contributed by atoms with Gasteiger partial charge in [0.1, 0.15) is 5.78 Å². The van der Waals surface area contributed by atoms with Crippen LogP contribution in [0.5, 0.6) is 0 Å². The molecule has 0 N–H and O–H groups in total. The molecule has 0 aromatic heterocycles. The maximum atomic E-state index is 12.0. The van der Waals surface area contributed by atoms with Gasteiger partial charge in [0.25, 0.3) is 0 Å². The highest BCUT2D eigenvalue weighted by molar-refractivity contribution is 5.85. The Bertz CT molecular complexity index is 648. The second kappa shape index (κ2) is 5.99. The van der Waals surface area contributed by atoms with Crippen molar-refractivity contribution in [3.63, 3.8) is 0 Å². The van der Waals surface area contributed by atoms with Gasteiger partial charge in [-0.15, -0.1) is 0 Å². The quantitative estimate of drug-likeness (QED) is 0.800. The third kappa shape index (κ3) is 3.12. The minimum atomic E-state index is -0.222. The third-order valence-corrected chi connectivity index (χ3v) is 5.01. The fourth-order valence-corrected chi connectivity index (χ4v) is 3.87. The number of amides is 1. The summed E-state index contributed by atoms with van der Waals surface area (Å²) in [4.78, 5) is 25.8. The van der Waals surface area contributed by atoms with E-state index in [1.807, 2.05) is 6.92 Å². The Morgan fingerprint density at radius 3 is 2.48 bits per heavy atom. The maximum absolute atomic E-state index is 12.0. The van der Waals surface area contributed by atoms with Crippen LogP contribution in [-0.2, 0) is 34.2 Å². The van der Waals surface area contributed by atoms with Gasteiger partial charge in [0.05, 0.1) is 6.61 Å². The van der Waals surface area contributed by atoms with Crippen molar-refractivity contribution < 1.29 is 14.3 Å². The number of carbonyl (C=O) groups excluding carboxylic acids is 2. The molecule has 124 valence electrons. The molecule has 0 radical (unpaired) electrons. The summed E-state index contributed by atoms with van der Waals surface area (Å²) in [7, 11) is 0.